The highest BCUT2D eigenvalue weighted by Crippen LogP contribution is 2.26. The zero-order valence-electron chi connectivity index (χ0n) is 10.3. The van der Waals surface area contributed by atoms with Gasteiger partial charge >= 0.3 is 0 Å². The summed E-state index contributed by atoms with van der Waals surface area (Å²) in [5, 5.41) is 0. The maximum absolute atomic E-state index is 6.28. The molecule has 1 fully saturated rings. The van der Waals surface area contributed by atoms with E-state index in [-0.39, 0.29) is 0 Å². The normalized spacial score (nSPS) is 21.7. The molecule has 1 atom stereocenters. The number of nitrogens with two attached hydrogens (primary N) is 1. The van der Waals surface area contributed by atoms with Crippen LogP contribution in [0, 0.1) is 5.92 Å². The van der Waals surface area contributed by atoms with E-state index in [0.29, 0.717) is 6.04 Å². The van der Waals surface area contributed by atoms with E-state index in [4.69, 9.17) is 5.73 Å². The van der Waals surface area contributed by atoms with E-state index in [9.17, 15) is 0 Å². The van der Waals surface area contributed by atoms with Crippen LogP contribution in [0.5, 0.6) is 0 Å². The largest absolute Gasteiger partial charge is 0.327 e. The van der Waals surface area contributed by atoms with Gasteiger partial charge in [0.2, 0.25) is 0 Å². The average molecular weight is 209 g/mol. The molecule has 0 aromatic heterocycles. The van der Waals surface area contributed by atoms with Crippen molar-refractivity contribution < 1.29 is 0 Å². The van der Waals surface area contributed by atoms with Crippen molar-refractivity contribution in [2.75, 3.05) is 0 Å². The topological polar surface area (TPSA) is 26.0 Å². The first-order valence-corrected chi connectivity index (χ1v) is 6.66. The molecule has 1 aliphatic carbocycles. The van der Waals surface area contributed by atoms with Crippen LogP contribution in [0.3, 0.4) is 0 Å². The molecule has 0 saturated heterocycles. The van der Waals surface area contributed by atoms with E-state index in [0.717, 1.165) is 18.8 Å². The highest BCUT2D eigenvalue weighted by Gasteiger charge is 2.18. The Hall–Kier alpha value is -0.300. The molecule has 88 valence electrons. The standard InChI is InChI=1S/C14H27N/c1-3-12(2)11-14(15)13-9-7-5-4-6-8-10-13/h13-14H,2-11,15H2,1H3. The van der Waals surface area contributed by atoms with Crippen molar-refractivity contribution in [1.82, 2.24) is 0 Å². The van der Waals surface area contributed by atoms with E-state index in [1.807, 2.05) is 0 Å². The summed E-state index contributed by atoms with van der Waals surface area (Å²) in [5.74, 6) is 0.758. The average Bonchev–Trinajstić information content (AvgIpc) is 2.16. The van der Waals surface area contributed by atoms with Gasteiger partial charge in [0, 0.05) is 6.04 Å². The van der Waals surface area contributed by atoms with Crippen molar-refractivity contribution >= 4 is 0 Å². The van der Waals surface area contributed by atoms with E-state index in [1.165, 1.54) is 50.5 Å². The molecule has 0 aromatic rings. The van der Waals surface area contributed by atoms with Gasteiger partial charge in [0.05, 0.1) is 0 Å². The Morgan fingerprint density at radius 2 is 1.73 bits per heavy atom. The monoisotopic (exact) mass is 209 g/mol. The summed E-state index contributed by atoms with van der Waals surface area (Å²) in [5.41, 5.74) is 7.61. The fourth-order valence-corrected chi connectivity index (χ4v) is 2.56. The van der Waals surface area contributed by atoms with E-state index >= 15 is 0 Å². The summed E-state index contributed by atoms with van der Waals surface area (Å²) >= 11 is 0. The summed E-state index contributed by atoms with van der Waals surface area (Å²) < 4.78 is 0. The summed E-state index contributed by atoms with van der Waals surface area (Å²) in [6.45, 7) is 6.24. The molecule has 0 aromatic carbocycles. The first-order valence-electron chi connectivity index (χ1n) is 6.66. The molecule has 1 nitrogen and oxygen atoms in total. The molecular formula is C14H27N. The zero-order valence-corrected chi connectivity index (χ0v) is 10.3. The highest BCUT2D eigenvalue weighted by atomic mass is 14.6. The van der Waals surface area contributed by atoms with Crippen molar-refractivity contribution in [3.05, 3.63) is 12.2 Å². The lowest BCUT2D eigenvalue weighted by Gasteiger charge is -2.26. The quantitative estimate of drug-likeness (QED) is 0.695. The molecule has 0 heterocycles. The van der Waals surface area contributed by atoms with Gasteiger partial charge in [-0.2, -0.15) is 0 Å². The minimum absolute atomic E-state index is 0.371. The van der Waals surface area contributed by atoms with Crippen LogP contribution >= 0.6 is 0 Å². The first kappa shape index (κ1) is 12.8. The second kappa shape index (κ2) is 7.05. The van der Waals surface area contributed by atoms with Crippen LogP contribution in [0.4, 0.5) is 0 Å². The Morgan fingerprint density at radius 1 is 1.20 bits per heavy atom. The lowest BCUT2D eigenvalue weighted by atomic mass is 9.83. The molecule has 0 amide bonds. The third kappa shape index (κ3) is 4.83. The molecule has 0 spiro atoms. The minimum atomic E-state index is 0.371. The van der Waals surface area contributed by atoms with Crippen molar-refractivity contribution in [2.45, 2.75) is 70.8 Å². The summed E-state index contributed by atoms with van der Waals surface area (Å²) in [7, 11) is 0. The predicted molar refractivity (Wildman–Crippen MR) is 67.8 cm³/mol. The molecule has 0 radical (unpaired) electrons. The third-order valence-electron chi connectivity index (χ3n) is 3.78. The van der Waals surface area contributed by atoms with Crippen LogP contribution in [0.2, 0.25) is 0 Å². The Labute approximate surface area is 95.1 Å². The molecule has 1 unspecified atom stereocenters. The maximum Gasteiger partial charge on any atom is 0.0104 e. The second-order valence-electron chi connectivity index (χ2n) is 5.08. The zero-order chi connectivity index (χ0) is 11.1. The minimum Gasteiger partial charge on any atom is -0.327 e. The molecule has 0 bridgehead atoms. The van der Waals surface area contributed by atoms with Gasteiger partial charge in [-0.3, -0.25) is 0 Å². The van der Waals surface area contributed by atoms with Gasteiger partial charge in [0.15, 0.2) is 0 Å². The summed E-state index contributed by atoms with van der Waals surface area (Å²) in [6, 6.07) is 0.371. The fourth-order valence-electron chi connectivity index (χ4n) is 2.56. The van der Waals surface area contributed by atoms with Gasteiger partial charge in [0.25, 0.3) is 0 Å². The van der Waals surface area contributed by atoms with E-state index < -0.39 is 0 Å². The second-order valence-corrected chi connectivity index (χ2v) is 5.08. The first-order chi connectivity index (χ1) is 7.24. The lowest BCUT2D eigenvalue weighted by molar-refractivity contribution is 0.321. The lowest BCUT2D eigenvalue weighted by Crippen LogP contribution is -2.31. The number of hydrogen-bond donors (Lipinski definition) is 1. The van der Waals surface area contributed by atoms with Gasteiger partial charge in [0.1, 0.15) is 0 Å². The van der Waals surface area contributed by atoms with Crippen molar-refractivity contribution in [3.63, 3.8) is 0 Å². The number of hydrogen-bond acceptors (Lipinski definition) is 1. The molecule has 1 aliphatic rings. The molecule has 15 heavy (non-hydrogen) atoms. The molecule has 0 aliphatic heterocycles. The molecular weight excluding hydrogens is 182 g/mol. The van der Waals surface area contributed by atoms with Crippen LogP contribution < -0.4 is 5.73 Å². The highest BCUT2D eigenvalue weighted by molar-refractivity contribution is 4.97. The molecule has 1 rings (SSSR count). The molecule has 1 saturated carbocycles. The van der Waals surface area contributed by atoms with Crippen molar-refractivity contribution in [1.29, 1.82) is 0 Å². The Balaban J connectivity index is 2.34. The van der Waals surface area contributed by atoms with Gasteiger partial charge in [-0.1, -0.05) is 51.2 Å². The van der Waals surface area contributed by atoms with Gasteiger partial charge in [-0.15, -0.1) is 0 Å². The summed E-state index contributed by atoms with van der Waals surface area (Å²) in [4.78, 5) is 0. The van der Waals surface area contributed by atoms with Gasteiger partial charge in [-0.05, 0) is 31.6 Å². The van der Waals surface area contributed by atoms with Crippen LogP contribution in [0.1, 0.15) is 64.7 Å². The maximum atomic E-state index is 6.28. The van der Waals surface area contributed by atoms with Gasteiger partial charge in [-0.25, -0.2) is 0 Å². The fraction of sp³-hybridized carbons (Fsp3) is 0.857. The van der Waals surface area contributed by atoms with E-state index in [1.54, 1.807) is 0 Å². The van der Waals surface area contributed by atoms with Gasteiger partial charge < -0.3 is 5.73 Å². The predicted octanol–water partition coefficient (Wildman–Crippen LogP) is 4.03. The van der Waals surface area contributed by atoms with Crippen LogP contribution in [0.15, 0.2) is 12.2 Å². The third-order valence-corrected chi connectivity index (χ3v) is 3.78. The molecule has 2 N–H and O–H groups in total. The number of rotatable bonds is 4. The smallest absolute Gasteiger partial charge is 0.0104 e. The van der Waals surface area contributed by atoms with E-state index in [2.05, 4.69) is 13.5 Å². The Bertz CT molecular complexity index is 178. The SMILES string of the molecule is C=C(CC)CC(N)C1CCCCCCC1. The Kier molecular flexibility index (Phi) is 6.00. The van der Waals surface area contributed by atoms with Crippen molar-refractivity contribution in [2.24, 2.45) is 11.7 Å². The van der Waals surface area contributed by atoms with Crippen molar-refractivity contribution in [3.8, 4) is 0 Å². The summed E-state index contributed by atoms with van der Waals surface area (Å²) in [6.07, 6.45) is 11.9. The Morgan fingerprint density at radius 3 is 2.27 bits per heavy atom. The van der Waals surface area contributed by atoms with Crippen LogP contribution in [-0.2, 0) is 0 Å². The van der Waals surface area contributed by atoms with Crippen LogP contribution in [-0.4, -0.2) is 6.04 Å². The molecule has 1 heteroatoms. The van der Waals surface area contributed by atoms with Crippen LogP contribution in [0.25, 0.3) is 0 Å².